The van der Waals surface area contributed by atoms with E-state index in [4.69, 9.17) is 27.9 Å². The molecule has 5 heteroatoms. The standard InChI is InChI=1S/C14H14Cl2N2O/c1-3-17-13-10(15)8-11(16)14(18-13)19-12-7-5-4-6-9(12)2/h4-8H,3H2,1-2H3,(H,17,18). The molecule has 100 valence electrons. The van der Waals surface area contributed by atoms with Crippen LogP contribution >= 0.6 is 23.2 Å². The lowest BCUT2D eigenvalue weighted by molar-refractivity contribution is 0.460. The maximum atomic E-state index is 6.10. The van der Waals surface area contributed by atoms with Gasteiger partial charge in [0.2, 0.25) is 5.88 Å². The Morgan fingerprint density at radius 1 is 1.21 bits per heavy atom. The molecule has 0 aliphatic rings. The molecule has 0 bridgehead atoms. The molecule has 0 saturated heterocycles. The third-order valence-electron chi connectivity index (χ3n) is 2.54. The van der Waals surface area contributed by atoms with Crippen LogP contribution in [-0.2, 0) is 0 Å². The lowest BCUT2D eigenvalue weighted by Crippen LogP contribution is -2.01. The Kier molecular flexibility index (Phi) is 4.51. The molecular formula is C14H14Cl2N2O. The van der Waals surface area contributed by atoms with Gasteiger partial charge in [-0.25, -0.2) is 0 Å². The first-order valence-electron chi connectivity index (χ1n) is 5.95. The summed E-state index contributed by atoms with van der Waals surface area (Å²) < 4.78 is 5.74. The van der Waals surface area contributed by atoms with Crippen LogP contribution in [0.4, 0.5) is 5.82 Å². The molecule has 0 atom stereocenters. The van der Waals surface area contributed by atoms with Crippen molar-refractivity contribution in [3.05, 3.63) is 45.9 Å². The van der Waals surface area contributed by atoms with E-state index in [1.54, 1.807) is 6.07 Å². The molecule has 0 saturated carbocycles. The molecule has 0 radical (unpaired) electrons. The summed E-state index contributed by atoms with van der Waals surface area (Å²) in [5, 5.41) is 3.92. The van der Waals surface area contributed by atoms with E-state index in [2.05, 4.69) is 10.3 Å². The molecule has 1 aromatic heterocycles. The number of nitrogens with zero attached hydrogens (tertiary/aromatic N) is 1. The van der Waals surface area contributed by atoms with Gasteiger partial charge in [0.1, 0.15) is 16.6 Å². The second-order valence-electron chi connectivity index (χ2n) is 4.00. The van der Waals surface area contributed by atoms with Gasteiger partial charge >= 0.3 is 0 Å². The van der Waals surface area contributed by atoms with Crippen molar-refractivity contribution in [2.24, 2.45) is 0 Å². The Morgan fingerprint density at radius 2 is 1.95 bits per heavy atom. The average Bonchev–Trinajstić information content (AvgIpc) is 2.38. The quantitative estimate of drug-likeness (QED) is 0.869. The summed E-state index contributed by atoms with van der Waals surface area (Å²) in [6.45, 7) is 4.65. The van der Waals surface area contributed by atoms with Crippen LogP contribution in [0.5, 0.6) is 11.6 Å². The zero-order valence-corrected chi connectivity index (χ0v) is 12.2. The molecule has 19 heavy (non-hydrogen) atoms. The summed E-state index contributed by atoms with van der Waals surface area (Å²) in [6.07, 6.45) is 0. The van der Waals surface area contributed by atoms with Crippen molar-refractivity contribution >= 4 is 29.0 Å². The summed E-state index contributed by atoms with van der Waals surface area (Å²) in [4.78, 5) is 4.30. The van der Waals surface area contributed by atoms with E-state index >= 15 is 0 Å². The monoisotopic (exact) mass is 296 g/mol. The highest BCUT2D eigenvalue weighted by Crippen LogP contribution is 2.34. The van der Waals surface area contributed by atoms with E-state index in [0.717, 1.165) is 17.9 Å². The Balaban J connectivity index is 2.34. The smallest absolute Gasteiger partial charge is 0.240 e. The van der Waals surface area contributed by atoms with Crippen molar-refractivity contribution in [3.63, 3.8) is 0 Å². The molecule has 2 rings (SSSR count). The van der Waals surface area contributed by atoms with Crippen LogP contribution in [-0.4, -0.2) is 11.5 Å². The lowest BCUT2D eigenvalue weighted by atomic mass is 10.2. The number of rotatable bonds is 4. The minimum absolute atomic E-state index is 0.344. The van der Waals surface area contributed by atoms with Crippen molar-refractivity contribution in [2.45, 2.75) is 13.8 Å². The highest BCUT2D eigenvalue weighted by molar-refractivity contribution is 6.36. The van der Waals surface area contributed by atoms with Gasteiger partial charge in [0.05, 0.1) is 5.02 Å². The highest BCUT2D eigenvalue weighted by Gasteiger charge is 2.11. The number of pyridine rings is 1. The second kappa shape index (κ2) is 6.13. The first kappa shape index (κ1) is 14.0. The van der Waals surface area contributed by atoms with Crippen LogP contribution < -0.4 is 10.1 Å². The van der Waals surface area contributed by atoms with Gasteiger partial charge in [-0.1, -0.05) is 41.4 Å². The number of hydrogen-bond donors (Lipinski definition) is 1. The Morgan fingerprint density at radius 3 is 2.63 bits per heavy atom. The Labute approximate surface area is 122 Å². The van der Waals surface area contributed by atoms with Gasteiger partial charge in [0.15, 0.2) is 0 Å². The number of anilines is 1. The molecule has 1 aromatic carbocycles. The molecular weight excluding hydrogens is 283 g/mol. The van der Waals surface area contributed by atoms with Crippen LogP contribution in [0.15, 0.2) is 30.3 Å². The van der Waals surface area contributed by atoms with E-state index in [-0.39, 0.29) is 0 Å². The highest BCUT2D eigenvalue weighted by atomic mass is 35.5. The molecule has 0 aliphatic carbocycles. The van der Waals surface area contributed by atoms with E-state index in [1.807, 2.05) is 38.1 Å². The van der Waals surface area contributed by atoms with Crippen molar-refractivity contribution in [3.8, 4) is 11.6 Å². The van der Waals surface area contributed by atoms with Gasteiger partial charge in [0.25, 0.3) is 0 Å². The third kappa shape index (κ3) is 3.31. The minimum atomic E-state index is 0.344. The molecule has 0 fully saturated rings. The molecule has 0 unspecified atom stereocenters. The molecule has 1 heterocycles. The number of ether oxygens (including phenoxy) is 1. The van der Waals surface area contributed by atoms with Crippen LogP contribution in [0.25, 0.3) is 0 Å². The van der Waals surface area contributed by atoms with E-state index in [0.29, 0.717) is 21.7 Å². The molecule has 0 aliphatic heterocycles. The SMILES string of the molecule is CCNc1nc(Oc2ccccc2C)c(Cl)cc1Cl. The zero-order valence-electron chi connectivity index (χ0n) is 10.7. The largest absolute Gasteiger partial charge is 0.437 e. The van der Waals surface area contributed by atoms with E-state index in [9.17, 15) is 0 Å². The summed E-state index contributed by atoms with van der Waals surface area (Å²) >= 11 is 12.2. The number of aryl methyl sites for hydroxylation is 1. The maximum absolute atomic E-state index is 6.10. The minimum Gasteiger partial charge on any atom is -0.437 e. The summed E-state index contributed by atoms with van der Waals surface area (Å²) in [5.74, 6) is 1.63. The van der Waals surface area contributed by atoms with Gasteiger partial charge in [-0.2, -0.15) is 4.98 Å². The average molecular weight is 297 g/mol. The van der Waals surface area contributed by atoms with Crippen molar-refractivity contribution in [1.82, 2.24) is 4.98 Å². The zero-order chi connectivity index (χ0) is 13.8. The van der Waals surface area contributed by atoms with Crippen molar-refractivity contribution in [1.29, 1.82) is 0 Å². The molecule has 0 spiro atoms. The summed E-state index contributed by atoms with van der Waals surface area (Å²) in [5.41, 5.74) is 1.01. The predicted octanol–water partition coefficient (Wildman–Crippen LogP) is 4.92. The summed E-state index contributed by atoms with van der Waals surface area (Å²) in [7, 11) is 0. The number of aromatic nitrogens is 1. The number of para-hydroxylation sites is 1. The van der Waals surface area contributed by atoms with Crippen molar-refractivity contribution in [2.75, 3.05) is 11.9 Å². The normalized spacial score (nSPS) is 10.3. The maximum Gasteiger partial charge on any atom is 0.240 e. The fourth-order valence-corrected chi connectivity index (χ4v) is 2.05. The summed E-state index contributed by atoms with van der Waals surface area (Å²) in [6, 6.07) is 9.31. The van der Waals surface area contributed by atoms with Gasteiger partial charge in [-0.3, -0.25) is 0 Å². The third-order valence-corrected chi connectivity index (χ3v) is 3.10. The van der Waals surface area contributed by atoms with Gasteiger partial charge in [-0.05, 0) is 31.5 Å². The van der Waals surface area contributed by atoms with E-state index < -0.39 is 0 Å². The number of halogens is 2. The number of benzene rings is 1. The Bertz CT molecular complexity index is 588. The number of nitrogens with one attached hydrogen (secondary N) is 1. The first-order valence-corrected chi connectivity index (χ1v) is 6.70. The first-order chi connectivity index (χ1) is 9.11. The van der Waals surface area contributed by atoms with Gasteiger partial charge in [0, 0.05) is 6.54 Å². The molecule has 1 N–H and O–H groups in total. The van der Waals surface area contributed by atoms with Crippen LogP contribution in [0, 0.1) is 6.92 Å². The Hall–Kier alpha value is -1.45. The topological polar surface area (TPSA) is 34.2 Å². The number of hydrogen-bond acceptors (Lipinski definition) is 3. The second-order valence-corrected chi connectivity index (χ2v) is 4.82. The van der Waals surface area contributed by atoms with Crippen LogP contribution in [0.3, 0.4) is 0 Å². The molecule has 2 aromatic rings. The molecule has 3 nitrogen and oxygen atoms in total. The van der Waals surface area contributed by atoms with Crippen LogP contribution in [0.1, 0.15) is 12.5 Å². The van der Waals surface area contributed by atoms with Crippen LogP contribution in [0.2, 0.25) is 10.0 Å². The predicted molar refractivity (Wildman–Crippen MR) is 79.7 cm³/mol. The fraction of sp³-hybridized carbons (Fsp3) is 0.214. The van der Waals surface area contributed by atoms with Crippen molar-refractivity contribution < 1.29 is 4.74 Å². The van der Waals surface area contributed by atoms with Gasteiger partial charge in [-0.15, -0.1) is 0 Å². The lowest BCUT2D eigenvalue weighted by Gasteiger charge is -2.12. The fourth-order valence-electron chi connectivity index (χ4n) is 1.59. The van der Waals surface area contributed by atoms with Gasteiger partial charge < -0.3 is 10.1 Å². The molecule has 0 amide bonds. The van der Waals surface area contributed by atoms with E-state index in [1.165, 1.54) is 0 Å².